The Morgan fingerprint density at radius 1 is 1.08 bits per heavy atom. The molecule has 1 amide bonds. The van der Waals surface area contributed by atoms with E-state index < -0.39 is 0 Å². The molecule has 0 bridgehead atoms. The monoisotopic (exact) mass is 373 g/mol. The lowest BCUT2D eigenvalue weighted by molar-refractivity contribution is -0.131. The molecule has 0 saturated carbocycles. The molecule has 1 aromatic carbocycles. The van der Waals surface area contributed by atoms with Crippen LogP contribution in [-0.4, -0.2) is 54.5 Å². The second kappa shape index (κ2) is 10.2. The van der Waals surface area contributed by atoms with Crippen LogP contribution in [0.5, 0.6) is 0 Å². The van der Waals surface area contributed by atoms with Gasteiger partial charge in [-0.1, -0.05) is 36.8 Å². The standard InChI is InChI=1S/C18H27N3O.2ClH/c19-13-17(15-7-3-1-4-8-15)18(22)21-12-9-16(14-21)20-10-5-2-6-11-20;;/h1,3-4,7-8,16-17H,2,5-6,9-14,19H2;2*1H. The zero-order chi connectivity index (χ0) is 15.4. The number of piperidine rings is 1. The van der Waals surface area contributed by atoms with Crippen LogP contribution in [0, 0.1) is 0 Å². The van der Waals surface area contributed by atoms with Crippen molar-refractivity contribution in [1.82, 2.24) is 9.80 Å². The highest BCUT2D eigenvalue weighted by atomic mass is 35.5. The summed E-state index contributed by atoms with van der Waals surface area (Å²) < 4.78 is 0. The number of hydrogen-bond donors (Lipinski definition) is 1. The zero-order valence-electron chi connectivity index (χ0n) is 14.1. The van der Waals surface area contributed by atoms with Crippen molar-refractivity contribution in [3.8, 4) is 0 Å². The van der Waals surface area contributed by atoms with Gasteiger partial charge in [0.2, 0.25) is 5.91 Å². The highest BCUT2D eigenvalue weighted by Gasteiger charge is 2.33. The van der Waals surface area contributed by atoms with E-state index in [1.807, 2.05) is 35.2 Å². The fourth-order valence-corrected chi connectivity index (χ4v) is 3.81. The fraction of sp³-hybridized carbons (Fsp3) is 0.611. The van der Waals surface area contributed by atoms with Gasteiger partial charge in [-0.05, 0) is 37.9 Å². The first kappa shape index (κ1) is 21.2. The van der Waals surface area contributed by atoms with Gasteiger partial charge in [0.05, 0.1) is 5.92 Å². The maximum atomic E-state index is 12.8. The lowest BCUT2D eigenvalue weighted by Gasteiger charge is -2.32. The summed E-state index contributed by atoms with van der Waals surface area (Å²) >= 11 is 0. The van der Waals surface area contributed by atoms with Crippen LogP contribution >= 0.6 is 24.8 Å². The molecule has 2 N–H and O–H groups in total. The third kappa shape index (κ3) is 4.85. The van der Waals surface area contributed by atoms with Crippen LogP contribution < -0.4 is 5.73 Å². The highest BCUT2D eigenvalue weighted by Crippen LogP contribution is 2.24. The van der Waals surface area contributed by atoms with Crippen LogP contribution in [0.25, 0.3) is 0 Å². The Labute approximate surface area is 157 Å². The molecule has 0 aromatic heterocycles. The van der Waals surface area contributed by atoms with Crippen molar-refractivity contribution in [2.24, 2.45) is 5.73 Å². The van der Waals surface area contributed by atoms with E-state index in [1.54, 1.807) is 0 Å². The molecule has 136 valence electrons. The first-order valence-corrected chi connectivity index (χ1v) is 8.57. The van der Waals surface area contributed by atoms with E-state index in [9.17, 15) is 4.79 Å². The summed E-state index contributed by atoms with van der Waals surface area (Å²) in [4.78, 5) is 17.4. The molecular weight excluding hydrogens is 345 g/mol. The van der Waals surface area contributed by atoms with Crippen molar-refractivity contribution < 1.29 is 4.79 Å². The van der Waals surface area contributed by atoms with Gasteiger partial charge in [-0.3, -0.25) is 9.69 Å². The van der Waals surface area contributed by atoms with Gasteiger partial charge in [-0.25, -0.2) is 0 Å². The van der Waals surface area contributed by atoms with Crippen molar-refractivity contribution in [2.75, 3.05) is 32.7 Å². The lowest BCUT2D eigenvalue weighted by atomic mass is 9.98. The summed E-state index contributed by atoms with van der Waals surface area (Å²) in [5.74, 6) is 0.00881. The molecule has 0 spiro atoms. The third-order valence-electron chi connectivity index (χ3n) is 5.12. The Bertz CT molecular complexity index is 494. The second-order valence-corrected chi connectivity index (χ2v) is 6.52. The molecule has 2 aliphatic rings. The Kier molecular flexibility index (Phi) is 9.06. The number of hydrogen-bond acceptors (Lipinski definition) is 3. The average Bonchev–Trinajstić information content (AvgIpc) is 3.07. The predicted molar refractivity (Wildman–Crippen MR) is 103 cm³/mol. The molecule has 4 nitrogen and oxygen atoms in total. The minimum Gasteiger partial charge on any atom is -0.340 e. The van der Waals surface area contributed by atoms with Gasteiger partial charge in [-0.15, -0.1) is 24.8 Å². The molecule has 2 unspecified atom stereocenters. The second-order valence-electron chi connectivity index (χ2n) is 6.52. The molecule has 2 aliphatic heterocycles. The summed E-state index contributed by atoms with van der Waals surface area (Å²) in [7, 11) is 0. The van der Waals surface area contributed by atoms with Gasteiger partial charge in [0.25, 0.3) is 0 Å². The van der Waals surface area contributed by atoms with E-state index >= 15 is 0 Å². The van der Waals surface area contributed by atoms with Crippen LogP contribution in [0.15, 0.2) is 30.3 Å². The van der Waals surface area contributed by atoms with E-state index in [2.05, 4.69) is 4.90 Å². The normalized spacial score (nSPS) is 22.4. The van der Waals surface area contributed by atoms with Gasteiger partial charge in [-0.2, -0.15) is 0 Å². The van der Waals surface area contributed by atoms with E-state index in [-0.39, 0.29) is 36.6 Å². The van der Waals surface area contributed by atoms with Crippen LogP contribution in [0.2, 0.25) is 0 Å². The maximum Gasteiger partial charge on any atom is 0.231 e. The quantitative estimate of drug-likeness (QED) is 0.882. The van der Waals surface area contributed by atoms with E-state index in [4.69, 9.17) is 5.73 Å². The van der Waals surface area contributed by atoms with Gasteiger partial charge in [0.15, 0.2) is 0 Å². The Balaban J connectivity index is 0.00000144. The number of nitrogens with zero attached hydrogens (tertiary/aromatic N) is 2. The molecule has 3 rings (SSSR count). The van der Waals surface area contributed by atoms with Crippen molar-refractivity contribution >= 4 is 30.7 Å². The third-order valence-corrected chi connectivity index (χ3v) is 5.12. The smallest absolute Gasteiger partial charge is 0.231 e. The number of amides is 1. The summed E-state index contributed by atoms with van der Waals surface area (Å²) in [6, 6.07) is 10.5. The van der Waals surface area contributed by atoms with Gasteiger partial charge in [0, 0.05) is 25.7 Å². The molecule has 6 heteroatoms. The Hall–Kier alpha value is -0.810. The fourth-order valence-electron chi connectivity index (χ4n) is 3.81. The number of likely N-dealkylation sites (tertiary alicyclic amines) is 2. The van der Waals surface area contributed by atoms with Gasteiger partial charge >= 0.3 is 0 Å². The van der Waals surface area contributed by atoms with Crippen LogP contribution in [0.3, 0.4) is 0 Å². The number of rotatable bonds is 4. The molecule has 2 atom stereocenters. The number of carbonyl (C=O) groups excluding carboxylic acids is 1. The molecular formula is C18H29Cl2N3O. The summed E-state index contributed by atoms with van der Waals surface area (Å²) in [5.41, 5.74) is 6.93. The van der Waals surface area contributed by atoms with E-state index in [0.29, 0.717) is 12.6 Å². The molecule has 0 aliphatic carbocycles. The number of nitrogens with two attached hydrogens (primary N) is 1. The first-order valence-electron chi connectivity index (χ1n) is 8.57. The maximum absolute atomic E-state index is 12.8. The lowest BCUT2D eigenvalue weighted by Crippen LogP contribution is -2.43. The summed E-state index contributed by atoms with van der Waals surface area (Å²) in [6.07, 6.45) is 5.08. The SMILES string of the molecule is Cl.Cl.NCC(C(=O)N1CCC(N2CCCCC2)C1)c1ccccc1. The van der Waals surface area contributed by atoms with Crippen molar-refractivity contribution in [1.29, 1.82) is 0 Å². The molecule has 0 radical (unpaired) electrons. The van der Waals surface area contributed by atoms with Crippen LogP contribution in [0.1, 0.15) is 37.2 Å². The number of halogens is 2. The van der Waals surface area contributed by atoms with Crippen molar-refractivity contribution in [3.63, 3.8) is 0 Å². The Morgan fingerprint density at radius 3 is 2.38 bits per heavy atom. The van der Waals surface area contributed by atoms with Gasteiger partial charge in [0.1, 0.15) is 0 Å². The van der Waals surface area contributed by atoms with Gasteiger partial charge < -0.3 is 10.6 Å². The minimum absolute atomic E-state index is 0. The van der Waals surface area contributed by atoms with Crippen molar-refractivity contribution in [2.45, 2.75) is 37.6 Å². The van der Waals surface area contributed by atoms with Crippen molar-refractivity contribution in [3.05, 3.63) is 35.9 Å². The number of benzene rings is 1. The molecule has 2 saturated heterocycles. The van der Waals surface area contributed by atoms with Crippen LogP contribution in [-0.2, 0) is 4.79 Å². The highest BCUT2D eigenvalue weighted by molar-refractivity contribution is 5.85. The minimum atomic E-state index is -0.193. The number of carbonyl (C=O) groups is 1. The van der Waals surface area contributed by atoms with E-state index in [0.717, 1.165) is 25.1 Å². The molecule has 2 fully saturated rings. The average molecular weight is 374 g/mol. The first-order chi connectivity index (χ1) is 10.8. The summed E-state index contributed by atoms with van der Waals surface area (Å²) in [6.45, 7) is 4.54. The Morgan fingerprint density at radius 2 is 1.75 bits per heavy atom. The molecule has 24 heavy (non-hydrogen) atoms. The largest absolute Gasteiger partial charge is 0.340 e. The zero-order valence-corrected chi connectivity index (χ0v) is 15.7. The molecule has 1 aromatic rings. The summed E-state index contributed by atoms with van der Waals surface area (Å²) in [5, 5.41) is 0. The van der Waals surface area contributed by atoms with E-state index in [1.165, 1.54) is 32.4 Å². The predicted octanol–water partition coefficient (Wildman–Crippen LogP) is 2.66. The molecule has 2 heterocycles. The van der Waals surface area contributed by atoms with Crippen LogP contribution in [0.4, 0.5) is 0 Å². The topological polar surface area (TPSA) is 49.6 Å².